The predicted octanol–water partition coefficient (Wildman–Crippen LogP) is 3.35. The molecule has 2 rings (SSSR count). The minimum absolute atomic E-state index is 0.0628. The van der Waals surface area contributed by atoms with Crippen LogP contribution in [-0.2, 0) is 11.2 Å². The van der Waals surface area contributed by atoms with Gasteiger partial charge in [0.05, 0.1) is 0 Å². The maximum absolute atomic E-state index is 13.7. The third-order valence-electron chi connectivity index (χ3n) is 3.31. The summed E-state index contributed by atoms with van der Waals surface area (Å²) in [5.74, 6) is -6.08. The molecule has 0 saturated heterocycles. The van der Waals surface area contributed by atoms with Crippen LogP contribution in [0.5, 0.6) is 0 Å². The lowest BCUT2D eigenvalue weighted by Crippen LogP contribution is -2.46. The van der Waals surface area contributed by atoms with Crippen LogP contribution in [0.25, 0.3) is 0 Å². The summed E-state index contributed by atoms with van der Waals surface area (Å²) >= 11 is 9.14. The molecule has 0 radical (unpaired) electrons. The summed E-state index contributed by atoms with van der Waals surface area (Å²) in [7, 11) is 0. The lowest BCUT2D eigenvalue weighted by molar-refractivity contribution is -0.119. The fourth-order valence-corrected chi connectivity index (χ4v) is 2.74. The number of halogens is 5. The molecule has 0 aliphatic carbocycles. The van der Waals surface area contributed by atoms with E-state index in [1.165, 1.54) is 0 Å². The van der Waals surface area contributed by atoms with Gasteiger partial charge in [-0.25, -0.2) is 13.2 Å². The molecule has 0 saturated carbocycles. The quantitative estimate of drug-likeness (QED) is 0.756. The van der Waals surface area contributed by atoms with Gasteiger partial charge in [-0.2, -0.15) is 0 Å². The molecule has 2 aromatic carbocycles. The standard InChI is InChI=1S/C16H11BrClF3N2O2/c17-10-2-1-8(18)3-7(10)4-13(15(22)24)23-16(25)14-11(20)5-9(19)6-12(14)21/h1-3,5-6,13H,4H2,(H2,22,24)(H,23,25)/t13-/m0/s1. The monoisotopic (exact) mass is 434 g/mol. The Morgan fingerprint density at radius 1 is 1.16 bits per heavy atom. The summed E-state index contributed by atoms with van der Waals surface area (Å²) in [6.07, 6.45) is -0.0628. The van der Waals surface area contributed by atoms with E-state index in [1.807, 2.05) is 0 Å². The number of amides is 2. The van der Waals surface area contributed by atoms with Crippen LogP contribution in [-0.4, -0.2) is 17.9 Å². The molecular weight excluding hydrogens is 425 g/mol. The predicted molar refractivity (Wildman–Crippen MR) is 89.6 cm³/mol. The van der Waals surface area contributed by atoms with E-state index >= 15 is 0 Å². The molecule has 2 amide bonds. The van der Waals surface area contributed by atoms with Gasteiger partial charge in [-0.1, -0.05) is 27.5 Å². The van der Waals surface area contributed by atoms with Crippen molar-refractivity contribution < 1.29 is 22.8 Å². The van der Waals surface area contributed by atoms with E-state index in [4.69, 9.17) is 17.3 Å². The number of rotatable bonds is 5. The smallest absolute Gasteiger partial charge is 0.257 e. The number of hydrogen-bond acceptors (Lipinski definition) is 2. The second-order valence-corrected chi connectivity index (χ2v) is 6.40. The van der Waals surface area contributed by atoms with E-state index in [0.29, 0.717) is 27.2 Å². The second kappa shape index (κ2) is 7.88. The van der Waals surface area contributed by atoms with Crippen LogP contribution in [0.2, 0.25) is 5.02 Å². The van der Waals surface area contributed by atoms with Crippen molar-refractivity contribution in [1.82, 2.24) is 5.32 Å². The Balaban J connectivity index is 2.26. The largest absolute Gasteiger partial charge is 0.368 e. The Hall–Kier alpha value is -2.06. The molecule has 25 heavy (non-hydrogen) atoms. The molecule has 0 aliphatic heterocycles. The number of benzene rings is 2. The van der Waals surface area contributed by atoms with Crippen LogP contribution in [0.4, 0.5) is 13.2 Å². The number of nitrogens with one attached hydrogen (secondary N) is 1. The number of carbonyl (C=O) groups is 2. The van der Waals surface area contributed by atoms with Gasteiger partial charge in [-0.3, -0.25) is 9.59 Å². The summed E-state index contributed by atoms with van der Waals surface area (Å²) in [4.78, 5) is 23.7. The van der Waals surface area contributed by atoms with E-state index in [1.54, 1.807) is 18.2 Å². The number of carbonyl (C=O) groups excluding carboxylic acids is 2. The molecule has 2 aromatic rings. The normalized spacial score (nSPS) is 11.9. The highest BCUT2D eigenvalue weighted by Crippen LogP contribution is 2.23. The fourth-order valence-electron chi connectivity index (χ4n) is 2.13. The first-order valence-corrected chi connectivity index (χ1v) is 8.04. The van der Waals surface area contributed by atoms with Crippen molar-refractivity contribution in [3.63, 3.8) is 0 Å². The van der Waals surface area contributed by atoms with Crippen LogP contribution in [0, 0.1) is 17.5 Å². The van der Waals surface area contributed by atoms with Crippen molar-refractivity contribution in [2.75, 3.05) is 0 Å². The minimum Gasteiger partial charge on any atom is -0.368 e. The van der Waals surface area contributed by atoms with Crippen LogP contribution < -0.4 is 11.1 Å². The van der Waals surface area contributed by atoms with Crippen molar-refractivity contribution >= 4 is 39.3 Å². The highest BCUT2D eigenvalue weighted by Gasteiger charge is 2.25. The maximum atomic E-state index is 13.7. The van der Waals surface area contributed by atoms with Gasteiger partial charge < -0.3 is 11.1 Å². The molecule has 3 N–H and O–H groups in total. The van der Waals surface area contributed by atoms with Crippen molar-refractivity contribution in [1.29, 1.82) is 0 Å². The van der Waals surface area contributed by atoms with Crippen molar-refractivity contribution in [2.45, 2.75) is 12.5 Å². The molecule has 0 fully saturated rings. The third-order valence-corrected chi connectivity index (χ3v) is 4.32. The Morgan fingerprint density at radius 3 is 2.32 bits per heavy atom. The summed E-state index contributed by atoms with van der Waals surface area (Å²) < 4.78 is 40.9. The number of primary amides is 1. The first-order valence-electron chi connectivity index (χ1n) is 6.87. The molecular formula is C16H11BrClF3N2O2. The molecule has 9 heteroatoms. The molecule has 0 unspecified atom stereocenters. The van der Waals surface area contributed by atoms with Gasteiger partial charge in [0.1, 0.15) is 29.1 Å². The number of nitrogens with two attached hydrogens (primary N) is 1. The van der Waals surface area contributed by atoms with E-state index in [9.17, 15) is 22.8 Å². The third kappa shape index (κ3) is 4.73. The highest BCUT2D eigenvalue weighted by molar-refractivity contribution is 9.10. The average molecular weight is 436 g/mol. The van der Waals surface area contributed by atoms with Crippen LogP contribution in [0.3, 0.4) is 0 Å². The van der Waals surface area contributed by atoms with E-state index in [2.05, 4.69) is 21.2 Å². The zero-order chi connectivity index (χ0) is 18.7. The lowest BCUT2D eigenvalue weighted by Gasteiger charge is -2.17. The van der Waals surface area contributed by atoms with Gasteiger partial charge in [0.15, 0.2) is 0 Å². The van der Waals surface area contributed by atoms with Gasteiger partial charge in [0, 0.05) is 28.0 Å². The fraction of sp³-hybridized carbons (Fsp3) is 0.125. The summed E-state index contributed by atoms with van der Waals surface area (Å²) in [6.45, 7) is 0. The highest BCUT2D eigenvalue weighted by atomic mass is 79.9. The van der Waals surface area contributed by atoms with E-state index in [0.717, 1.165) is 0 Å². The van der Waals surface area contributed by atoms with Crippen molar-refractivity contribution in [2.24, 2.45) is 5.73 Å². The summed E-state index contributed by atoms with van der Waals surface area (Å²) in [5.41, 5.74) is 4.80. The molecule has 0 aromatic heterocycles. The zero-order valence-electron chi connectivity index (χ0n) is 12.5. The van der Waals surface area contributed by atoms with Gasteiger partial charge in [-0.15, -0.1) is 0 Å². The molecule has 0 heterocycles. The van der Waals surface area contributed by atoms with Crippen molar-refractivity contribution in [3.8, 4) is 0 Å². The Kier molecular flexibility index (Phi) is 6.07. The molecule has 4 nitrogen and oxygen atoms in total. The van der Waals surface area contributed by atoms with Crippen LogP contribution >= 0.6 is 27.5 Å². The Bertz CT molecular complexity index is 825. The lowest BCUT2D eigenvalue weighted by atomic mass is 10.0. The van der Waals surface area contributed by atoms with Gasteiger partial charge in [0.2, 0.25) is 5.91 Å². The van der Waals surface area contributed by atoms with Crippen molar-refractivity contribution in [3.05, 3.63) is 68.4 Å². The maximum Gasteiger partial charge on any atom is 0.257 e. The minimum atomic E-state index is -1.39. The van der Waals surface area contributed by atoms with Crippen LogP contribution in [0.1, 0.15) is 15.9 Å². The average Bonchev–Trinajstić information content (AvgIpc) is 2.49. The SMILES string of the molecule is NC(=O)[C@H](Cc1cc(Cl)ccc1Br)NC(=O)c1c(F)cc(F)cc1F. The Labute approximate surface area is 154 Å². The van der Waals surface area contributed by atoms with Crippen LogP contribution in [0.15, 0.2) is 34.8 Å². The first-order chi connectivity index (χ1) is 11.7. The topological polar surface area (TPSA) is 72.2 Å². The molecule has 0 aliphatic rings. The molecule has 0 bridgehead atoms. The molecule has 0 spiro atoms. The summed E-state index contributed by atoms with van der Waals surface area (Å²) in [5, 5.41) is 2.54. The molecule has 132 valence electrons. The second-order valence-electron chi connectivity index (χ2n) is 5.11. The molecule has 1 atom stereocenters. The van der Waals surface area contributed by atoms with E-state index in [-0.39, 0.29) is 6.42 Å². The number of hydrogen-bond donors (Lipinski definition) is 2. The zero-order valence-corrected chi connectivity index (χ0v) is 14.8. The first kappa shape index (κ1) is 19.3. The summed E-state index contributed by atoms with van der Waals surface area (Å²) in [6, 6.07) is 4.27. The van der Waals surface area contributed by atoms with Gasteiger partial charge in [-0.05, 0) is 23.8 Å². The van der Waals surface area contributed by atoms with Gasteiger partial charge in [0.25, 0.3) is 5.91 Å². The van der Waals surface area contributed by atoms with Gasteiger partial charge >= 0.3 is 0 Å². The van der Waals surface area contributed by atoms with E-state index < -0.39 is 40.9 Å². The Morgan fingerprint density at radius 2 is 1.76 bits per heavy atom.